The average Bonchev–Trinajstić information content (AvgIpc) is 2.70. The lowest BCUT2D eigenvalue weighted by molar-refractivity contribution is -0.671. The molecular formula is C15H25IN2O3. The molecule has 0 radical (unpaired) electrons. The molecule has 0 aliphatic carbocycles. The van der Waals surface area contributed by atoms with Gasteiger partial charge < -0.3 is 33.5 Å². The second-order valence-corrected chi connectivity index (χ2v) is 6.01. The third-order valence-electron chi connectivity index (χ3n) is 2.56. The van der Waals surface area contributed by atoms with Crippen molar-refractivity contribution in [2.24, 2.45) is 7.05 Å². The second-order valence-electron chi connectivity index (χ2n) is 6.01. The molecule has 120 valence electrons. The van der Waals surface area contributed by atoms with Gasteiger partial charge in [-0.15, -0.1) is 0 Å². The summed E-state index contributed by atoms with van der Waals surface area (Å²) in [7, 11) is 1.94. The number of ether oxygens (including phenoxy) is 2. The molecule has 0 amide bonds. The van der Waals surface area contributed by atoms with Gasteiger partial charge >= 0.3 is 5.97 Å². The zero-order valence-electron chi connectivity index (χ0n) is 13.4. The molecule has 0 bridgehead atoms. The van der Waals surface area contributed by atoms with Crippen LogP contribution in [0.2, 0.25) is 0 Å². The third kappa shape index (κ3) is 8.21. The Hall–Kier alpha value is -0.890. The summed E-state index contributed by atoms with van der Waals surface area (Å²) >= 11 is 0. The van der Waals surface area contributed by atoms with Crippen LogP contribution >= 0.6 is 0 Å². The minimum Gasteiger partial charge on any atom is -1.00 e. The number of nitrogens with zero attached hydrogens (tertiary/aromatic N) is 2. The molecule has 5 nitrogen and oxygen atoms in total. The van der Waals surface area contributed by atoms with Gasteiger partial charge in [0.2, 0.25) is 6.33 Å². The number of imidazole rings is 1. The lowest BCUT2D eigenvalue weighted by Crippen LogP contribution is -3.00. The van der Waals surface area contributed by atoms with Crippen molar-refractivity contribution >= 4 is 5.97 Å². The smallest absolute Gasteiger partial charge is 0.333 e. The minimum atomic E-state index is -0.385. The van der Waals surface area contributed by atoms with Gasteiger partial charge in [0.15, 0.2) is 6.10 Å². The first-order valence-electron chi connectivity index (χ1n) is 6.69. The molecule has 21 heavy (non-hydrogen) atoms. The van der Waals surface area contributed by atoms with E-state index in [1.165, 1.54) is 0 Å². The van der Waals surface area contributed by atoms with Crippen LogP contribution in [-0.4, -0.2) is 28.8 Å². The summed E-state index contributed by atoms with van der Waals surface area (Å²) in [5.74, 6) is -0.385. The maximum Gasteiger partial charge on any atom is 0.333 e. The predicted octanol–water partition coefficient (Wildman–Crippen LogP) is -1.38. The van der Waals surface area contributed by atoms with E-state index in [0.717, 1.165) is 0 Å². The predicted molar refractivity (Wildman–Crippen MR) is 76.0 cm³/mol. The molecule has 0 fully saturated rings. The quantitative estimate of drug-likeness (QED) is 0.252. The molecule has 0 saturated carbocycles. The standard InChI is InChI=1S/C15H25N2O3.HI/c1-12(2)14(18)20-13(10-19-15(3,4)5)9-17-8-7-16(6)11-17;/h7-8,11,13H,1,9-10H2,2-6H3;1H/q+1;/p-1. The van der Waals surface area contributed by atoms with Crippen LogP contribution in [-0.2, 0) is 27.9 Å². The summed E-state index contributed by atoms with van der Waals surface area (Å²) in [4.78, 5) is 11.7. The summed E-state index contributed by atoms with van der Waals surface area (Å²) in [5, 5.41) is 0. The number of carbonyl (C=O) groups excluding carboxylic acids is 1. The van der Waals surface area contributed by atoms with Crippen molar-refractivity contribution in [3.63, 3.8) is 0 Å². The number of carbonyl (C=O) groups is 1. The molecule has 1 aromatic heterocycles. The van der Waals surface area contributed by atoms with Crippen molar-refractivity contribution in [3.8, 4) is 0 Å². The van der Waals surface area contributed by atoms with E-state index in [9.17, 15) is 4.79 Å². The van der Waals surface area contributed by atoms with E-state index < -0.39 is 0 Å². The summed E-state index contributed by atoms with van der Waals surface area (Å²) in [5.41, 5.74) is 0.124. The number of halogens is 1. The number of rotatable bonds is 6. The first kappa shape index (κ1) is 20.1. The summed E-state index contributed by atoms with van der Waals surface area (Å²) in [6.07, 6.45) is 5.45. The van der Waals surface area contributed by atoms with Crippen molar-refractivity contribution < 1.29 is 42.8 Å². The van der Waals surface area contributed by atoms with Crippen LogP contribution in [0.3, 0.4) is 0 Å². The molecule has 0 aromatic carbocycles. The van der Waals surface area contributed by atoms with E-state index in [1.54, 1.807) is 6.92 Å². The SMILES string of the molecule is C=C(C)C(=O)OC(COC(C)(C)C)Cn1cc[n+](C)c1.[I-]. The molecular weight excluding hydrogens is 383 g/mol. The number of aryl methyl sites for hydroxylation is 1. The molecule has 1 rings (SSSR count). The Balaban J connectivity index is 0.00000400. The van der Waals surface area contributed by atoms with Crippen LogP contribution in [0.25, 0.3) is 0 Å². The molecule has 1 heterocycles. The number of hydrogen-bond acceptors (Lipinski definition) is 3. The van der Waals surface area contributed by atoms with E-state index in [0.29, 0.717) is 18.7 Å². The molecule has 0 spiro atoms. The van der Waals surface area contributed by atoms with Crippen molar-refractivity contribution in [3.05, 3.63) is 30.9 Å². The maximum absolute atomic E-state index is 11.7. The van der Waals surface area contributed by atoms with Crippen molar-refractivity contribution in [2.75, 3.05) is 6.61 Å². The Morgan fingerprint density at radius 1 is 1.43 bits per heavy atom. The molecule has 1 aromatic rings. The van der Waals surface area contributed by atoms with E-state index in [4.69, 9.17) is 9.47 Å². The minimum absolute atomic E-state index is 0. The van der Waals surface area contributed by atoms with Gasteiger partial charge in [0, 0.05) is 5.57 Å². The first-order chi connectivity index (χ1) is 9.17. The highest BCUT2D eigenvalue weighted by atomic mass is 127. The van der Waals surface area contributed by atoms with Gasteiger partial charge in [0.25, 0.3) is 0 Å². The zero-order valence-corrected chi connectivity index (χ0v) is 15.6. The Morgan fingerprint density at radius 3 is 2.48 bits per heavy atom. The van der Waals surface area contributed by atoms with Gasteiger partial charge in [-0.3, -0.25) is 0 Å². The van der Waals surface area contributed by atoms with Crippen LogP contribution < -0.4 is 28.5 Å². The third-order valence-corrected chi connectivity index (χ3v) is 2.56. The Morgan fingerprint density at radius 2 is 2.05 bits per heavy atom. The van der Waals surface area contributed by atoms with Crippen LogP contribution in [0, 0.1) is 0 Å². The molecule has 0 N–H and O–H groups in total. The normalized spacial score (nSPS) is 12.4. The molecule has 0 aliphatic rings. The largest absolute Gasteiger partial charge is 1.00 e. The van der Waals surface area contributed by atoms with Gasteiger partial charge in [-0.25, -0.2) is 13.9 Å². The summed E-state index contributed by atoms with van der Waals surface area (Å²) < 4.78 is 15.0. The summed E-state index contributed by atoms with van der Waals surface area (Å²) in [6, 6.07) is 0. The summed E-state index contributed by atoms with van der Waals surface area (Å²) in [6.45, 7) is 12.1. The van der Waals surface area contributed by atoms with Crippen molar-refractivity contribution in [1.29, 1.82) is 0 Å². The van der Waals surface area contributed by atoms with Gasteiger partial charge in [-0.05, 0) is 27.7 Å². The molecule has 6 heteroatoms. The van der Waals surface area contributed by atoms with Crippen molar-refractivity contribution in [2.45, 2.75) is 45.9 Å². The fourth-order valence-electron chi connectivity index (χ4n) is 1.56. The molecule has 0 saturated heterocycles. The maximum atomic E-state index is 11.7. The van der Waals surface area contributed by atoms with Crippen LogP contribution in [0.1, 0.15) is 27.7 Å². The second kappa shape index (κ2) is 8.53. The molecule has 1 unspecified atom stereocenters. The van der Waals surface area contributed by atoms with Crippen LogP contribution in [0.4, 0.5) is 0 Å². The first-order valence-corrected chi connectivity index (χ1v) is 6.69. The van der Waals surface area contributed by atoms with Crippen LogP contribution in [0.5, 0.6) is 0 Å². The Kier molecular flexibility index (Phi) is 8.17. The lowest BCUT2D eigenvalue weighted by atomic mass is 10.2. The number of aromatic nitrogens is 2. The van der Waals surface area contributed by atoms with E-state index in [2.05, 4.69) is 6.58 Å². The highest BCUT2D eigenvalue weighted by Gasteiger charge is 2.21. The fourth-order valence-corrected chi connectivity index (χ4v) is 1.56. The van der Waals surface area contributed by atoms with Gasteiger partial charge in [-0.1, -0.05) is 6.58 Å². The zero-order chi connectivity index (χ0) is 15.3. The number of esters is 1. The Labute approximate surface area is 144 Å². The lowest BCUT2D eigenvalue weighted by Gasteiger charge is -2.23. The van der Waals surface area contributed by atoms with Gasteiger partial charge in [-0.2, -0.15) is 0 Å². The highest BCUT2D eigenvalue weighted by molar-refractivity contribution is 5.87. The topological polar surface area (TPSA) is 44.3 Å². The van der Waals surface area contributed by atoms with Crippen molar-refractivity contribution in [1.82, 2.24) is 4.57 Å². The van der Waals surface area contributed by atoms with E-state index in [1.807, 2.05) is 55.7 Å². The van der Waals surface area contributed by atoms with Gasteiger partial charge in [0.05, 0.1) is 19.3 Å². The average molecular weight is 408 g/mol. The van der Waals surface area contributed by atoms with Crippen LogP contribution in [0.15, 0.2) is 30.9 Å². The molecule has 0 aliphatic heterocycles. The fraction of sp³-hybridized carbons (Fsp3) is 0.600. The van der Waals surface area contributed by atoms with E-state index >= 15 is 0 Å². The highest BCUT2D eigenvalue weighted by Crippen LogP contribution is 2.10. The number of hydrogen-bond donors (Lipinski definition) is 0. The van der Waals surface area contributed by atoms with E-state index in [-0.39, 0.29) is 41.7 Å². The molecule has 1 atom stereocenters. The monoisotopic (exact) mass is 408 g/mol. The Bertz CT molecular complexity index is 478. The van der Waals surface area contributed by atoms with Gasteiger partial charge in [0.1, 0.15) is 18.9 Å².